The van der Waals surface area contributed by atoms with Crippen LogP contribution >= 0.6 is 0 Å². The number of rotatable bonds is 5. The van der Waals surface area contributed by atoms with Crippen LogP contribution in [0.1, 0.15) is 53.4 Å². The van der Waals surface area contributed by atoms with Gasteiger partial charge in [-0.25, -0.2) is 0 Å². The number of hydrogen-bond donors (Lipinski definition) is 1. The predicted molar refractivity (Wildman–Crippen MR) is 69.7 cm³/mol. The molecule has 1 aliphatic heterocycles. The molecule has 1 atom stereocenters. The van der Waals surface area contributed by atoms with E-state index in [9.17, 15) is 0 Å². The summed E-state index contributed by atoms with van der Waals surface area (Å²) in [4.78, 5) is 2.74. The Morgan fingerprint density at radius 3 is 2.44 bits per heavy atom. The van der Waals surface area contributed by atoms with Gasteiger partial charge in [-0.3, -0.25) is 4.90 Å². The van der Waals surface area contributed by atoms with Crippen LogP contribution < -0.4 is 5.32 Å². The van der Waals surface area contributed by atoms with Crippen LogP contribution in [0.5, 0.6) is 0 Å². The molecular weight excluding hydrogens is 196 g/mol. The van der Waals surface area contributed by atoms with Gasteiger partial charge in [-0.15, -0.1) is 0 Å². The second kappa shape index (κ2) is 4.66. The molecule has 2 fully saturated rings. The average Bonchev–Trinajstić information content (AvgIpc) is 2.92. The van der Waals surface area contributed by atoms with Gasteiger partial charge in [-0.1, -0.05) is 13.8 Å². The van der Waals surface area contributed by atoms with E-state index < -0.39 is 0 Å². The Hall–Kier alpha value is -0.0800. The molecule has 0 spiro atoms. The molecule has 1 unspecified atom stereocenters. The van der Waals surface area contributed by atoms with E-state index in [0.29, 0.717) is 5.54 Å². The van der Waals surface area contributed by atoms with E-state index in [1.165, 1.54) is 38.8 Å². The number of hydrogen-bond acceptors (Lipinski definition) is 2. The molecule has 1 heterocycles. The van der Waals surface area contributed by atoms with Gasteiger partial charge in [0.15, 0.2) is 0 Å². The van der Waals surface area contributed by atoms with Gasteiger partial charge in [0, 0.05) is 24.2 Å². The smallest absolute Gasteiger partial charge is 0.0248 e. The fraction of sp³-hybridized carbons (Fsp3) is 1.00. The monoisotopic (exact) mass is 224 g/mol. The molecule has 0 radical (unpaired) electrons. The molecule has 0 amide bonds. The maximum atomic E-state index is 3.71. The third kappa shape index (κ3) is 2.78. The van der Waals surface area contributed by atoms with E-state index in [-0.39, 0.29) is 0 Å². The van der Waals surface area contributed by atoms with Crippen LogP contribution in [0, 0.1) is 5.92 Å². The molecule has 94 valence electrons. The number of likely N-dealkylation sites (tertiary alicyclic amines) is 1. The van der Waals surface area contributed by atoms with Crippen LogP contribution in [-0.2, 0) is 0 Å². The zero-order chi connectivity index (χ0) is 11.8. The Bertz CT molecular complexity index is 231. The summed E-state index contributed by atoms with van der Waals surface area (Å²) >= 11 is 0. The molecule has 0 aromatic heterocycles. The number of nitrogens with one attached hydrogen (secondary N) is 1. The molecule has 0 aromatic rings. The van der Waals surface area contributed by atoms with Gasteiger partial charge in [-0.2, -0.15) is 0 Å². The van der Waals surface area contributed by atoms with Crippen LogP contribution in [0.25, 0.3) is 0 Å². The Balaban J connectivity index is 1.94. The molecule has 1 aliphatic carbocycles. The number of nitrogens with zero attached hydrogens (tertiary/aromatic N) is 1. The molecule has 2 nitrogen and oxygen atoms in total. The normalized spacial score (nSPS) is 27.6. The van der Waals surface area contributed by atoms with Crippen molar-refractivity contribution in [1.82, 2.24) is 10.2 Å². The van der Waals surface area contributed by atoms with Crippen molar-refractivity contribution in [1.29, 1.82) is 0 Å². The molecule has 2 heteroatoms. The van der Waals surface area contributed by atoms with Crippen molar-refractivity contribution in [3.05, 3.63) is 0 Å². The lowest BCUT2D eigenvalue weighted by Gasteiger charge is -2.40. The topological polar surface area (TPSA) is 15.3 Å². The lowest BCUT2D eigenvalue weighted by molar-refractivity contribution is 0.0850. The second-order valence-electron chi connectivity index (χ2n) is 6.60. The highest BCUT2D eigenvalue weighted by Crippen LogP contribution is 2.32. The van der Waals surface area contributed by atoms with Crippen molar-refractivity contribution >= 4 is 0 Å². The van der Waals surface area contributed by atoms with Crippen molar-refractivity contribution in [3.8, 4) is 0 Å². The molecule has 1 N–H and O–H groups in total. The van der Waals surface area contributed by atoms with E-state index in [2.05, 4.69) is 37.9 Å². The molecule has 1 saturated heterocycles. The summed E-state index contributed by atoms with van der Waals surface area (Å²) in [7, 11) is 0. The molecule has 0 aromatic carbocycles. The Kier molecular flexibility index (Phi) is 3.60. The van der Waals surface area contributed by atoms with Gasteiger partial charge in [0.1, 0.15) is 0 Å². The lowest BCUT2D eigenvalue weighted by Crippen LogP contribution is -2.52. The Labute approximate surface area is 101 Å². The van der Waals surface area contributed by atoms with Gasteiger partial charge in [0.25, 0.3) is 0 Å². The fourth-order valence-corrected chi connectivity index (χ4v) is 3.02. The van der Waals surface area contributed by atoms with Crippen molar-refractivity contribution in [2.24, 2.45) is 5.92 Å². The van der Waals surface area contributed by atoms with Crippen LogP contribution in [-0.4, -0.2) is 35.6 Å². The minimum absolute atomic E-state index is 0.417. The summed E-state index contributed by atoms with van der Waals surface area (Å²) in [5, 5.41) is 3.71. The summed E-state index contributed by atoms with van der Waals surface area (Å²) in [6.45, 7) is 12.0. The van der Waals surface area contributed by atoms with Gasteiger partial charge in [-0.05, 0) is 52.0 Å². The van der Waals surface area contributed by atoms with Crippen LogP contribution in [0.4, 0.5) is 0 Å². The van der Waals surface area contributed by atoms with E-state index in [1.807, 2.05) is 0 Å². The highest BCUT2D eigenvalue weighted by molar-refractivity contribution is 4.95. The van der Waals surface area contributed by atoms with Gasteiger partial charge < -0.3 is 5.32 Å². The Morgan fingerprint density at radius 2 is 2.00 bits per heavy atom. The lowest BCUT2D eigenvalue weighted by atomic mass is 9.95. The minimum Gasteiger partial charge on any atom is -0.312 e. The maximum absolute atomic E-state index is 3.71. The van der Waals surface area contributed by atoms with E-state index in [0.717, 1.165) is 18.0 Å². The van der Waals surface area contributed by atoms with Crippen molar-refractivity contribution < 1.29 is 0 Å². The van der Waals surface area contributed by atoms with E-state index in [4.69, 9.17) is 0 Å². The Morgan fingerprint density at radius 1 is 1.31 bits per heavy atom. The van der Waals surface area contributed by atoms with Crippen molar-refractivity contribution in [2.75, 3.05) is 13.1 Å². The molecule has 0 bridgehead atoms. The third-order valence-corrected chi connectivity index (χ3v) is 4.33. The highest BCUT2D eigenvalue weighted by atomic mass is 15.3. The summed E-state index contributed by atoms with van der Waals surface area (Å²) in [6.07, 6.45) is 5.53. The molecule has 16 heavy (non-hydrogen) atoms. The first-order chi connectivity index (χ1) is 7.50. The summed E-state index contributed by atoms with van der Waals surface area (Å²) < 4.78 is 0. The fourth-order valence-electron chi connectivity index (χ4n) is 3.02. The second-order valence-corrected chi connectivity index (χ2v) is 6.60. The predicted octanol–water partition coefficient (Wildman–Crippen LogP) is 2.64. The summed E-state index contributed by atoms with van der Waals surface area (Å²) in [5.41, 5.74) is 0.417. The standard InChI is InChI=1S/C14H28N2/c1-11(2)13(10-15-12-6-7-12)16-9-5-8-14(16,3)4/h11-13,15H,5-10H2,1-4H3. The maximum Gasteiger partial charge on any atom is 0.0248 e. The summed E-state index contributed by atoms with van der Waals surface area (Å²) in [6, 6.07) is 1.56. The average molecular weight is 224 g/mol. The minimum atomic E-state index is 0.417. The van der Waals surface area contributed by atoms with Crippen molar-refractivity contribution in [2.45, 2.75) is 71.0 Å². The van der Waals surface area contributed by atoms with Gasteiger partial charge >= 0.3 is 0 Å². The first kappa shape index (κ1) is 12.4. The molecule has 1 saturated carbocycles. The largest absolute Gasteiger partial charge is 0.312 e. The van der Waals surface area contributed by atoms with Gasteiger partial charge in [0.05, 0.1) is 0 Å². The zero-order valence-corrected chi connectivity index (χ0v) is 11.4. The summed E-state index contributed by atoms with van der Waals surface area (Å²) in [5.74, 6) is 0.753. The zero-order valence-electron chi connectivity index (χ0n) is 11.4. The molecule has 2 aliphatic rings. The third-order valence-electron chi connectivity index (χ3n) is 4.33. The quantitative estimate of drug-likeness (QED) is 0.772. The molecular formula is C14H28N2. The SMILES string of the molecule is CC(C)C(CNC1CC1)N1CCCC1(C)C. The van der Waals surface area contributed by atoms with Crippen LogP contribution in [0.2, 0.25) is 0 Å². The van der Waals surface area contributed by atoms with E-state index in [1.54, 1.807) is 0 Å². The van der Waals surface area contributed by atoms with Crippen LogP contribution in [0.15, 0.2) is 0 Å². The van der Waals surface area contributed by atoms with E-state index >= 15 is 0 Å². The van der Waals surface area contributed by atoms with Crippen LogP contribution in [0.3, 0.4) is 0 Å². The highest BCUT2D eigenvalue weighted by Gasteiger charge is 2.38. The first-order valence-corrected chi connectivity index (χ1v) is 7.01. The van der Waals surface area contributed by atoms with Gasteiger partial charge in [0.2, 0.25) is 0 Å². The molecule has 2 rings (SSSR count). The first-order valence-electron chi connectivity index (χ1n) is 7.01. The van der Waals surface area contributed by atoms with Crippen molar-refractivity contribution in [3.63, 3.8) is 0 Å².